The maximum atomic E-state index is 13.6. The average molecular weight is 345 g/mol. The van der Waals surface area contributed by atoms with Crippen molar-refractivity contribution in [2.24, 2.45) is 0 Å². The zero-order valence-corrected chi connectivity index (χ0v) is 13.7. The number of para-hydroxylation sites is 1. The summed E-state index contributed by atoms with van der Waals surface area (Å²) in [6, 6.07) is 9.43. The summed E-state index contributed by atoms with van der Waals surface area (Å²) in [6.07, 6.45) is 0. The van der Waals surface area contributed by atoms with Crippen LogP contribution < -0.4 is 10.6 Å². The van der Waals surface area contributed by atoms with E-state index in [4.69, 9.17) is 4.74 Å². The van der Waals surface area contributed by atoms with Gasteiger partial charge in [0.2, 0.25) is 0 Å². The number of carbonyl (C=O) groups is 1. The van der Waals surface area contributed by atoms with Gasteiger partial charge in [0.05, 0.1) is 18.9 Å². The molecular weight excluding hydrogens is 325 g/mol. The minimum atomic E-state index is -0.380. The predicted molar refractivity (Wildman–Crippen MR) is 91.3 cm³/mol. The van der Waals surface area contributed by atoms with Crippen LogP contribution in [0.1, 0.15) is 10.5 Å². The van der Waals surface area contributed by atoms with E-state index in [1.165, 1.54) is 6.07 Å². The molecule has 0 spiro atoms. The van der Waals surface area contributed by atoms with E-state index in [0.717, 1.165) is 32.8 Å². The van der Waals surface area contributed by atoms with Gasteiger partial charge in [0.25, 0.3) is 5.91 Å². The third kappa shape index (κ3) is 4.94. The summed E-state index contributed by atoms with van der Waals surface area (Å²) >= 11 is 0. The molecule has 1 aliphatic rings. The minimum Gasteiger partial charge on any atom is -0.379 e. The van der Waals surface area contributed by atoms with Crippen LogP contribution in [0.4, 0.5) is 15.9 Å². The molecule has 0 bridgehead atoms. The van der Waals surface area contributed by atoms with Gasteiger partial charge in [-0.05, 0) is 24.3 Å². The average Bonchev–Trinajstić information content (AvgIpc) is 2.65. The van der Waals surface area contributed by atoms with Gasteiger partial charge < -0.3 is 15.4 Å². The summed E-state index contributed by atoms with van der Waals surface area (Å²) in [4.78, 5) is 14.3. The Hall–Kier alpha value is -2.58. The fourth-order valence-electron chi connectivity index (χ4n) is 2.46. The van der Waals surface area contributed by atoms with Gasteiger partial charge in [-0.15, -0.1) is 10.2 Å². The van der Waals surface area contributed by atoms with Crippen molar-refractivity contribution in [2.75, 3.05) is 44.7 Å². The number of nitrogens with zero attached hydrogens (tertiary/aromatic N) is 3. The number of anilines is 2. The van der Waals surface area contributed by atoms with E-state index in [2.05, 4.69) is 25.7 Å². The van der Waals surface area contributed by atoms with Gasteiger partial charge in [-0.25, -0.2) is 4.39 Å². The van der Waals surface area contributed by atoms with Crippen LogP contribution in [0.25, 0.3) is 0 Å². The number of ether oxygens (including phenoxy) is 1. The van der Waals surface area contributed by atoms with E-state index in [-0.39, 0.29) is 17.4 Å². The number of amides is 1. The van der Waals surface area contributed by atoms with Crippen LogP contribution in [-0.2, 0) is 4.74 Å². The van der Waals surface area contributed by atoms with Gasteiger partial charge in [-0.3, -0.25) is 9.69 Å². The van der Waals surface area contributed by atoms with Crippen LogP contribution in [0.15, 0.2) is 36.4 Å². The minimum absolute atomic E-state index is 0.223. The fraction of sp³-hybridized carbons (Fsp3) is 0.353. The summed E-state index contributed by atoms with van der Waals surface area (Å²) in [5.41, 5.74) is 0.528. The zero-order chi connectivity index (χ0) is 17.5. The summed E-state index contributed by atoms with van der Waals surface area (Å²) < 4.78 is 18.9. The number of nitrogens with one attached hydrogen (secondary N) is 2. The zero-order valence-electron chi connectivity index (χ0n) is 13.7. The van der Waals surface area contributed by atoms with Crippen molar-refractivity contribution in [3.8, 4) is 0 Å². The van der Waals surface area contributed by atoms with Crippen LogP contribution in [0, 0.1) is 5.82 Å². The third-order valence-corrected chi connectivity index (χ3v) is 3.85. The topological polar surface area (TPSA) is 79.4 Å². The second kappa shape index (κ2) is 8.50. The number of benzene rings is 1. The molecule has 1 aromatic carbocycles. The van der Waals surface area contributed by atoms with Crippen molar-refractivity contribution in [3.05, 3.63) is 47.9 Å². The highest BCUT2D eigenvalue weighted by molar-refractivity contribution is 5.92. The van der Waals surface area contributed by atoms with Crippen LogP contribution in [0.3, 0.4) is 0 Å². The van der Waals surface area contributed by atoms with E-state index in [0.29, 0.717) is 18.1 Å². The molecule has 1 amide bonds. The highest BCUT2D eigenvalue weighted by Crippen LogP contribution is 2.17. The molecule has 8 heteroatoms. The second-order valence-electron chi connectivity index (χ2n) is 5.62. The summed E-state index contributed by atoms with van der Waals surface area (Å²) in [5, 5.41) is 13.5. The molecule has 2 heterocycles. The number of hydrogen-bond acceptors (Lipinski definition) is 6. The number of aromatic nitrogens is 2. The Morgan fingerprint density at radius 2 is 1.96 bits per heavy atom. The van der Waals surface area contributed by atoms with E-state index in [9.17, 15) is 9.18 Å². The maximum Gasteiger partial charge on any atom is 0.271 e. The van der Waals surface area contributed by atoms with Crippen molar-refractivity contribution in [1.82, 2.24) is 20.4 Å². The normalized spacial score (nSPS) is 14.9. The Morgan fingerprint density at radius 1 is 1.16 bits per heavy atom. The lowest BCUT2D eigenvalue weighted by Crippen LogP contribution is -2.41. The first-order chi connectivity index (χ1) is 12.2. The number of hydrogen-bond donors (Lipinski definition) is 2. The Labute approximate surface area is 145 Å². The largest absolute Gasteiger partial charge is 0.379 e. The lowest BCUT2D eigenvalue weighted by Gasteiger charge is -2.26. The summed E-state index contributed by atoms with van der Waals surface area (Å²) in [7, 11) is 0. The summed E-state index contributed by atoms with van der Waals surface area (Å²) in [5.74, 6) is -0.289. The molecule has 0 saturated carbocycles. The number of rotatable bonds is 6. The highest BCUT2D eigenvalue weighted by Gasteiger charge is 2.12. The van der Waals surface area contributed by atoms with Crippen molar-refractivity contribution < 1.29 is 13.9 Å². The molecule has 1 aliphatic heterocycles. The van der Waals surface area contributed by atoms with Crippen LogP contribution in [0.2, 0.25) is 0 Å². The molecule has 1 fully saturated rings. The first kappa shape index (κ1) is 17.2. The molecule has 3 rings (SSSR count). The van der Waals surface area contributed by atoms with Crippen molar-refractivity contribution >= 4 is 17.4 Å². The Bertz CT molecular complexity index is 704. The van der Waals surface area contributed by atoms with Crippen molar-refractivity contribution in [3.63, 3.8) is 0 Å². The summed E-state index contributed by atoms with van der Waals surface area (Å²) in [6.45, 7) is 4.54. The molecule has 132 valence electrons. The molecule has 0 aliphatic carbocycles. The lowest BCUT2D eigenvalue weighted by atomic mass is 10.3. The molecule has 2 N–H and O–H groups in total. The van der Waals surface area contributed by atoms with Crippen LogP contribution in [0.5, 0.6) is 0 Å². The van der Waals surface area contributed by atoms with Crippen LogP contribution in [-0.4, -0.2) is 60.4 Å². The SMILES string of the molecule is O=C(NCCN1CCOCC1)c1ccc(Nc2ccccc2F)nn1. The quantitative estimate of drug-likeness (QED) is 0.824. The maximum absolute atomic E-state index is 13.6. The molecule has 0 radical (unpaired) electrons. The van der Waals surface area contributed by atoms with Crippen molar-refractivity contribution in [1.29, 1.82) is 0 Å². The van der Waals surface area contributed by atoms with E-state index >= 15 is 0 Å². The third-order valence-electron chi connectivity index (χ3n) is 3.85. The van der Waals surface area contributed by atoms with Crippen molar-refractivity contribution in [2.45, 2.75) is 0 Å². The molecule has 0 atom stereocenters. The van der Waals surface area contributed by atoms with Gasteiger partial charge >= 0.3 is 0 Å². The molecule has 1 saturated heterocycles. The van der Waals surface area contributed by atoms with E-state index < -0.39 is 0 Å². The highest BCUT2D eigenvalue weighted by atomic mass is 19.1. The van der Waals surface area contributed by atoms with Gasteiger partial charge in [0.15, 0.2) is 11.5 Å². The first-order valence-corrected chi connectivity index (χ1v) is 8.16. The molecule has 7 nitrogen and oxygen atoms in total. The molecular formula is C17H20FN5O2. The van der Waals surface area contributed by atoms with E-state index in [1.54, 1.807) is 30.3 Å². The second-order valence-corrected chi connectivity index (χ2v) is 5.62. The number of carbonyl (C=O) groups excluding carboxylic acids is 1. The van der Waals surface area contributed by atoms with Gasteiger partial charge in [-0.2, -0.15) is 0 Å². The number of morpholine rings is 1. The van der Waals surface area contributed by atoms with Gasteiger partial charge in [0.1, 0.15) is 5.82 Å². The molecule has 25 heavy (non-hydrogen) atoms. The Balaban J connectivity index is 1.49. The first-order valence-electron chi connectivity index (χ1n) is 8.16. The lowest BCUT2D eigenvalue weighted by molar-refractivity contribution is 0.0383. The van der Waals surface area contributed by atoms with Gasteiger partial charge in [-0.1, -0.05) is 12.1 Å². The Morgan fingerprint density at radius 3 is 2.68 bits per heavy atom. The monoisotopic (exact) mass is 345 g/mol. The number of halogens is 1. The fourth-order valence-corrected chi connectivity index (χ4v) is 2.46. The molecule has 2 aromatic rings. The smallest absolute Gasteiger partial charge is 0.271 e. The van der Waals surface area contributed by atoms with Crippen LogP contribution >= 0.6 is 0 Å². The van der Waals surface area contributed by atoms with E-state index in [1.807, 2.05) is 0 Å². The Kier molecular flexibility index (Phi) is 5.86. The molecule has 0 unspecified atom stereocenters. The molecule has 1 aromatic heterocycles. The van der Waals surface area contributed by atoms with Gasteiger partial charge in [0, 0.05) is 26.2 Å². The standard InChI is InChI=1S/C17H20FN5O2/c18-13-3-1-2-4-14(13)20-16-6-5-15(21-22-16)17(24)19-7-8-23-9-11-25-12-10-23/h1-6H,7-12H2,(H,19,24)(H,20,22). The predicted octanol–water partition coefficient (Wildman–Crippen LogP) is 1.42.